The number of hydrogen-bond acceptors (Lipinski definition) is 1. The van der Waals surface area contributed by atoms with Gasteiger partial charge in [0.2, 0.25) is 0 Å². The zero-order valence-electron chi connectivity index (χ0n) is 11.7. The quantitative estimate of drug-likeness (QED) is 0.832. The molecule has 1 fully saturated rings. The Kier molecular flexibility index (Phi) is 4.03. The Bertz CT molecular complexity index is 401. The summed E-state index contributed by atoms with van der Waals surface area (Å²) < 4.78 is 0. The first-order valence-corrected chi connectivity index (χ1v) is 7.39. The van der Waals surface area contributed by atoms with Gasteiger partial charge in [-0.1, -0.05) is 56.5 Å². The average Bonchev–Trinajstić information content (AvgIpc) is 2.34. The van der Waals surface area contributed by atoms with Gasteiger partial charge >= 0.3 is 0 Å². The van der Waals surface area contributed by atoms with E-state index >= 15 is 0 Å². The second-order valence-corrected chi connectivity index (χ2v) is 6.26. The third-order valence-electron chi connectivity index (χ3n) is 4.89. The SMILES string of the molecule is CCC1(CC)CC(CNC)(c2ccccc2Cl)C1. The number of nitrogens with one attached hydrogen (secondary N) is 1. The molecule has 1 aliphatic carbocycles. The Hall–Kier alpha value is -0.530. The van der Waals surface area contributed by atoms with Gasteiger partial charge in [-0.3, -0.25) is 0 Å². The molecule has 1 aromatic carbocycles. The van der Waals surface area contributed by atoms with Crippen molar-refractivity contribution < 1.29 is 0 Å². The van der Waals surface area contributed by atoms with Crippen LogP contribution in [0.4, 0.5) is 0 Å². The fourth-order valence-electron chi connectivity index (χ4n) is 3.77. The molecule has 100 valence electrons. The van der Waals surface area contributed by atoms with Crippen LogP contribution in [0.3, 0.4) is 0 Å². The van der Waals surface area contributed by atoms with Crippen molar-refractivity contribution in [3.05, 3.63) is 34.9 Å². The molecule has 0 bridgehead atoms. The largest absolute Gasteiger partial charge is 0.319 e. The van der Waals surface area contributed by atoms with Crippen molar-refractivity contribution in [3.63, 3.8) is 0 Å². The van der Waals surface area contributed by atoms with Crippen LogP contribution in [-0.4, -0.2) is 13.6 Å². The van der Waals surface area contributed by atoms with Crippen molar-refractivity contribution in [2.24, 2.45) is 5.41 Å². The van der Waals surface area contributed by atoms with E-state index in [1.807, 2.05) is 19.2 Å². The first-order valence-electron chi connectivity index (χ1n) is 7.01. The Morgan fingerprint density at radius 2 is 1.78 bits per heavy atom. The highest BCUT2D eigenvalue weighted by molar-refractivity contribution is 6.31. The maximum Gasteiger partial charge on any atom is 0.0444 e. The van der Waals surface area contributed by atoms with Gasteiger partial charge in [-0.05, 0) is 36.9 Å². The third kappa shape index (κ3) is 2.19. The van der Waals surface area contributed by atoms with E-state index in [-0.39, 0.29) is 5.41 Å². The molecule has 0 atom stereocenters. The standard InChI is InChI=1S/C16H24ClN/c1-4-15(5-2)10-16(11-15,12-18-3)13-8-6-7-9-14(13)17/h6-9,18H,4-5,10-12H2,1-3H3. The second kappa shape index (κ2) is 5.22. The van der Waals surface area contributed by atoms with Crippen molar-refractivity contribution in [3.8, 4) is 0 Å². The van der Waals surface area contributed by atoms with Gasteiger partial charge in [-0.15, -0.1) is 0 Å². The van der Waals surface area contributed by atoms with Gasteiger partial charge in [-0.2, -0.15) is 0 Å². The molecule has 2 heteroatoms. The first-order chi connectivity index (χ1) is 8.61. The molecule has 1 N–H and O–H groups in total. The molecule has 0 radical (unpaired) electrons. The van der Waals surface area contributed by atoms with Gasteiger partial charge in [0, 0.05) is 17.0 Å². The summed E-state index contributed by atoms with van der Waals surface area (Å²) in [5, 5.41) is 4.29. The summed E-state index contributed by atoms with van der Waals surface area (Å²) in [6, 6.07) is 8.35. The van der Waals surface area contributed by atoms with Crippen LogP contribution in [0.5, 0.6) is 0 Å². The minimum atomic E-state index is 0.249. The summed E-state index contributed by atoms with van der Waals surface area (Å²) in [4.78, 5) is 0. The molecule has 1 nitrogen and oxygen atoms in total. The fourth-order valence-corrected chi connectivity index (χ4v) is 4.11. The van der Waals surface area contributed by atoms with Crippen LogP contribution in [0.15, 0.2) is 24.3 Å². The maximum absolute atomic E-state index is 6.41. The molecule has 2 rings (SSSR count). The highest BCUT2D eigenvalue weighted by Gasteiger charge is 2.53. The molecule has 18 heavy (non-hydrogen) atoms. The van der Waals surface area contributed by atoms with Gasteiger partial charge in [0.25, 0.3) is 0 Å². The molecule has 1 saturated carbocycles. The lowest BCUT2D eigenvalue weighted by molar-refractivity contribution is 0.0141. The normalized spacial score (nSPS) is 20.4. The molecule has 0 saturated heterocycles. The van der Waals surface area contributed by atoms with Crippen LogP contribution >= 0.6 is 11.6 Å². The number of likely N-dealkylation sites (N-methyl/N-ethyl adjacent to an activating group) is 1. The summed E-state index contributed by atoms with van der Waals surface area (Å²) in [5.41, 5.74) is 2.12. The molecular formula is C16H24ClN. The number of hydrogen-bond donors (Lipinski definition) is 1. The summed E-state index contributed by atoms with van der Waals surface area (Å²) in [6.45, 7) is 5.66. The van der Waals surface area contributed by atoms with Crippen LogP contribution in [0, 0.1) is 5.41 Å². The van der Waals surface area contributed by atoms with Crippen LogP contribution in [-0.2, 0) is 5.41 Å². The van der Waals surface area contributed by atoms with Gasteiger partial charge < -0.3 is 5.32 Å². The van der Waals surface area contributed by atoms with Gasteiger partial charge in [-0.25, -0.2) is 0 Å². The molecule has 0 aromatic heterocycles. The lowest BCUT2D eigenvalue weighted by atomic mass is 9.48. The van der Waals surface area contributed by atoms with Gasteiger partial charge in [0.1, 0.15) is 0 Å². The molecule has 1 aliphatic rings. The van der Waals surface area contributed by atoms with Gasteiger partial charge in [0.15, 0.2) is 0 Å². The zero-order chi connectivity index (χ0) is 13.2. The van der Waals surface area contributed by atoms with Crippen molar-refractivity contribution in [2.75, 3.05) is 13.6 Å². The predicted molar refractivity (Wildman–Crippen MR) is 79.3 cm³/mol. The Balaban J connectivity index is 2.29. The Morgan fingerprint density at radius 3 is 2.28 bits per heavy atom. The monoisotopic (exact) mass is 265 g/mol. The zero-order valence-corrected chi connectivity index (χ0v) is 12.5. The lowest BCUT2D eigenvalue weighted by Gasteiger charge is -2.57. The number of benzene rings is 1. The topological polar surface area (TPSA) is 12.0 Å². The van der Waals surface area contributed by atoms with E-state index < -0.39 is 0 Å². The van der Waals surface area contributed by atoms with E-state index in [4.69, 9.17) is 11.6 Å². The van der Waals surface area contributed by atoms with Crippen LogP contribution in [0.1, 0.15) is 45.1 Å². The number of rotatable bonds is 5. The lowest BCUT2D eigenvalue weighted by Crippen LogP contribution is -2.54. The Morgan fingerprint density at radius 1 is 1.17 bits per heavy atom. The highest BCUT2D eigenvalue weighted by atomic mass is 35.5. The van der Waals surface area contributed by atoms with Crippen LogP contribution < -0.4 is 5.32 Å². The molecule has 0 unspecified atom stereocenters. The fraction of sp³-hybridized carbons (Fsp3) is 0.625. The van der Waals surface area contributed by atoms with Crippen LogP contribution in [0.2, 0.25) is 5.02 Å². The Labute approximate surface area is 116 Å². The van der Waals surface area contributed by atoms with E-state index in [1.165, 1.54) is 31.2 Å². The molecular weight excluding hydrogens is 242 g/mol. The average molecular weight is 266 g/mol. The van der Waals surface area contributed by atoms with E-state index in [9.17, 15) is 0 Å². The van der Waals surface area contributed by atoms with E-state index in [0.29, 0.717) is 5.41 Å². The van der Waals surface area contributed by atoms with Crippen molar-refractivity contribution in [1.82, 2.24) is 5.32 Å². The highest BCUT2D eigenvalue weighted by Crippen LogP contribution is 2.59. The molecule has 0 aliphatic heterocycles. The first kappa shape index (κ1) is 13.9. The van der Waals surface area contributed by atoms with Crippen molar-refractivity contribution in [2.45, 2.75) is 44.9 Å². The molecule has 0 heterocycles. The van der Waals surface area contributed by atoms with E-state index in [2.05, 4.69) is 31.3 Å². The molecule has 1 aromatic rings. The van der Waals surface area contributed by atoms with Crippen LogP contribution in [0.25, 0.3) is 0 Å². The smallest absolute Gasteiger partial charge is 0.0444 e. The van der Waals surface area contributed by atoms with E-state index in [1.54, 1.807) is 0 Å². The number of halogens is 1. The molecule has 0 spiro atoms. The maximum atomic E-state index is 6.41. The third-order valence-corrected chi connectivity index (χ3v) is 5.22. The minimum absolute atomic E-state index is 0.249. The van der Waals surface area contributed by atoms with Crippen molar-refractivity contribution in [1.29, 1.82) is 0 Å². The van der Waals surface area contributed by atoms with Crippen molar-refractivity contribution >= 4 is 11.6 Å². The van der Waals surface area contributed by atoms with E-state index in [0.717, 1.165) is 11.6 Å². The summed E-state index contributed by atoms with van der Waals surface area (Å²) >= 11 is 6.41. The summed E-state index contributed by atoms with van der Waals surface area (Å²) in [6.07, 6.45) is 5.08. The minimum Gasteiger partial charge on any atom is -0.319 e. The summed E-state index contributed by atoms with van der Waals surface area (Å²) in [5.74, 6) is 0. The van der Waals surface area contributed by atoms with Gasteiger partial charge in [0.05, 0.1) is 0 Å². The molecule has 0 amide bonds. The summed E-state index contributed by atoms with van der Waals surface area (Å²) in [7, 11) is 2.04. The second-order valence-electron chi connectivity index (χ2n) is 5.85. The predicted octanol–water partition coefficient (Wildman–Crippen LogP) is 4.40.